The van der Waals surface area contributed by atoms with Crippen molar-refractivity contribution in [3.05, 3.63) is 34.6 Å². The van der Waals surface area contributed by atoms with Crippen molar-refractivity contribution in [1.82, 2.24) is 25.0 Å². The summed E-state index contributed by atoms with van der Waals surface area (Å²) in [4.78, 5) is 20.3. The number of carbonyl (C=O) groups excluding carboxylic acids is 1. The van der Waals surface area contributed by atoms with Gasteiger partial charge in [0.1, 0.15) is 0 Å². The van der Waals surface area contributed by atoms with Crippen LogP contribution in [0.25, 0.3) is 6.08 Å². The van der Waals surface area contributed by atoms with Crippen LogP contribution < -0.4 is 10.1 Å². The summed E-state index contributed by atoms with van der Waals surface area (Å²) >= 11 is 1.41. The van der Waals surface area contributed by atoms with Crippen LogP contribution in [-0.4, -0.2) is 64.3 Å². The molecule has 10 heteroatoms. The lowest BCUT2D eigenvalue weighted by Gasteiger charge is -2.30. The van der Waals surface area contributed by atoms with Crippen molar-refractivity contribution in [2.75, 3.05) is 26.2 Å². The Kier molecular flexibility index (Phi) is 8.66. The summed E-state index contributed by atoms with van der Waals surface area (Å²) in [7, 11) is 1.85. The summed E-state index contributed by atoms with van der Waals surface area (Å²) in [6.45, 7) is 2.39. The van der Waals surface area contributed by atoms with Crippen LogP contribution in [0.2, 0.25) is 0 Å². The number of hydrogen-bond acceptors (Lipinski definition) is 6. The Labute approximate surface area is 203 Å². The summed E-state index contributed by atoms with van der Waals surface area (Å²) in [5, 5.41) is 7.60. The van der Waals surface area contributed by atoms with E-state index in [0.717, 1.165) is 69.4 Å². The second-order valence-corrected chi connectivity index (χ2v) is 10.2. The van der Waals surface area contributed by atoms with Gasteiger partial charge in [-0.2, -0.15) is 5.10 Å². The molecule has 0 spiro atoms. The average molecular weight is 494 g/mol. The Hall–Kier alpha value is -2.33. The highest BCUT2D eigenvalue weighted by molar-refractivity contribution is 7.13. The fourth-order valence-corrected chi connectivity index (χ4v) is 5.67. The first-order chi connectivity index (χ1) is 16.4. The quantitative estimate of drug-likeness (QED) is 0.540. The van der Waals surface area contributed by atoms with Gasteiger partial charge in [0, 0.05) is 55.3 Å². The summed E-state index contributed by atoms with van der Waals surface area (Å²) in [6.07, 6.45) is 11.8. The number of aromatic nitrogens is 3. The van der Waals surface area contributed by atoms with E-state index in [9.17, 15) is 13.6 Å². The van der Waals surface area contributed by atoms with Crippen molar-refractivity contribution in [1.29, 1.82) is 0 Å². The van der Waals surface area contributed by atoms with Crippen molar-refractivity contribution >= 4 is 23.3 Å². The third kappa shape index (κ3) is 7.33. The van der Waals surface area contributed by atoms with Gasteiger partial charge < -0.3 is 15.0 Å². The second-order valence-electron chi connectivity index (χ2n) is 9.19. The van der Waals surface area contributed by atoms with E-state index in [0.29, 0.717) is 11.1 Å². The molecule has 0 bridgehead atoms. The Balaban J connectivity index is 1.13. The maximum atomic E-state index is 12.3. The van der Waals surface area contributed by atoms with E-state index in [2.05, 4.69) is 20.3 Å². The number of nitrogens with one attached hydrogen (secondary N) is 1. The molecule has 7 nitrogen and oxygen atoms in total. The van der Waals surface area contributed by atoms with Crippen LogP contribution in [0.5, 0.6) is 5.19 Å². The molecule has 1 aliphatic heterocycles. The lowest BCUT2D eigenvalue weighted by atomic mass is 9.84. The predicted molar refractivity (Wildman–Crippen MR) is 128 cm³/mol. The maximum Gasteiger partial charge on any atom is 0.273 e. The van der Waals surface area contributed by atoms with Gasteiger partial charge in [0.15, 0.2) is 6.61 Å². The number of hydrogen-bond donors (Lipinski definition) is 1. The van der Waals surface area contributed by atoms with Gasteiger partial charge in [-0.15, -0.1) is 0 Å². The monoisotopic (exact) mass is 493 g/mol. The highest BCUT2D eigenvalue weighted by Gasteiger charge is 2.24. The van der Waals surface area contributed by atoms with Gasteiger partial charge in [-0.05, 0) is 57.1 Å². The predicted octanol–water partition coefficient (Wildman–Crippen LogP) is 3.70. The van der Waals surface area contributed by atoms with E-state index >= 15 is 0 Å². The molecule has 2 aromatic heterocycles. The fraction of sp³-hybridized carbons (Fsp3) is 0.625. The topological polar surface area (TPSA) is 72.3 Å². The van der Waals surface area contributed by atoms with Crippen molar-refractivity contribution in [3.63, 3.8) is 0 Å². The molecule has 1 amide bonds. The zero-order valence-electron chi connectivity index (χ0n) is 19.6. The molecule has 3 heterocycles. The maximum absolute atomic E-state index is 12.3. The molecule has 34 heavy (non-hydrogen) atoms. The minimum absolute atomic E-state index is 0.0410. The number of halogens is 2. The van der Waals surface area contributed by atoms with Crippen molar-refractivity contribution in [3.8, 4) is 5.19 Å². The number of ether oxygens (including phenoxy) is 1. The van der Waals surface area contributed by atoms with Gasteiger partial charge in [0.2, 0.25) is 5.91 Å². The fourth-order valence-electron chi connectivity index (χ4n) is 4.71. The number of rotatable bonds is 9. The Morgan fingerprint density at radius 2 is 2.09 bits per heavy atom. The Morgan fingerprint density at radius 1 is 1.29 bits per heavy atom. The van der Waals surface area contributed by atoms with E-state index in [4.69, 9.17) is 4.74 Å². The van der Waals surface area contributed by atoms with Crippen molar-refractivity contribution < 1.29 is 18.3 Å². The summed E-state index contributed by atoms with van der Waals surface area (Å²) in [5.74, 6) is 0.657. The van der Waals surface area contributed by atoms with Crippen molar-refractivity contribution in [2.45, 2.75) is 57.4 Å². The zero-order valence-corrected chi connectivity index (χ0v) is 20.4. The number of aryl methyl sites for hydroxylation is 1. The molecule has 186 valence electrons. The van der Waals surface area contributed by atoms with Gasteiger partial charge in [0.05, 0.1) is 11.9 Å². The molecule has 1 fully saturated rings. The lowest BCUT2D eigenvalue weighted by molar-refractivity contribution is -0.117. The molecule has 4 rings (SSSR count). The van der Waals surface area contributed by atoms with Crippen molar-refractivity contribution in [2.24, 2.45) is 13.0 Å². The summed E-state index contributed by atoms with van der Waals surface area (Å²) in [5.41, 5.74) is 1.92. The molecule has 1 N–H and O–H groups in total. The highest BCUT2D eigenvalue weighted by atomic mass is 32.1. The first-order valence-electron chi connectivity index (χ1n) is 12.0. The number of fused-ring (bicyclic) bond motifs is 1. The smallest absolute Gasteiger partial charge is 0.273 e. The summed E-state index contributed by atoms with van der Waals surface area (Å²) < 4.78 is 31.5. The largest absolute Gasteiger partial charge is 0.464 e. The average Bonchev–Trinajstić information content (AvgIpc) is 3.37. The Morgan fingerprint density at radius 3 is 2.82 bits per heavy atom. The lowest BCUT2D eigenvalue weighted by Crippen LogP contribution is -2.37. The highest BCUT2D eigenvalue weighted by Crippen LogP contribution is 2.30. The third-order valence-corrected chi connectivity index (χ3v) is 7.68. The number of alkyl halides is 2. The standard InChI is InChI=1S/C24H33F2N5O2S/c1-30-15-18(14-27-30)4-7-23(32)28-19-5-2-17(3-6-19)8-11-31-12-9-20-21(10-13-31)34-24(29-20)33-16-22(25)26/h4,7,14-15,17,19,22H,2-3,5-6,8-13,16H2,1H3,(H,28,32)/b7-4+/t17-,19-. The van der Waals surface area contributed by atoms with Gasteiger partial charge in [-0.1, -0.05) is 11.3 Å². The first-order valence-corrected chi connectivity index (χ1v) is 12.9. The number of carbonyl (C=O) groups is 1. The molecule has 1 saturated carbocycles. The number of nitrogens with zero attached hydrogens (tertiary/aromatic N) is 4. The molecular formula is C24H33F2N5O2S. The van der Waals surface area contributed by atoms with Crippen LogP contribution in [0.4, 0.5) is 8.78 Å². The second kappa shape index (κ2) is 11.9. The van der Waals surface area contributed by atoms with Gasteiger partial charge >= 0.3 is 0 Å². The first kappa shape index (κ1) is 24.8. The minimum atomic E-state index is -2.47. The van der Waals surface area contributed by atoms with Gasteiger partial charge in [-0.3, -0.25) is 9.48 Å². The van der Waals surface area contributed by atoms with Crippen LogP contribution in [0.15, 0.2) is 18.5 Å². The van der Waals surface area contributed by atoms with E-state index in [1.165, 1.54) is 22.6 Å². The third-order valence-electron chi connectivity index (χ3n) is 6.61. The van der Waals surface area contributed by atoms with Crippen LogP contribution in [0.3, 0.4) is 0 Å². The van der Waals surface area contributed by atoms with Gasteiger partial charge in [-0.25, -0.2) is 13.8 Å². The molecule has 0 unspecified atom stereocenters. The SMILES string of the molecule is Cn1cc(/C=C/C(=O)N[C@H]2CC[C@H](CCN3CCc4nc(OCC(F)F)sc4CC3)CC2)cn1. The zero-order chi connectivity index (χ0) is 23.9. The molecule has 0 aromatic carbocycles. The molecule has 0 saturated heterocycles. The van der Waals surface area contributed by atoms with E-state index < -0.39 is 13.0 Å². The van der Waals surface area contributed by atoms with Gasteiger partial charge in [0.25, 0.3) is 11.6 Å². The van der Waals surface area contributed by atoms with Crippen LogP contribution in [0.1, 0.15) is 48.2 Å². The van der Waals surface area contributed by atoms with Crippen LogP contribution >= 0.6 is 11.3 Å². The van der Waals surface area contributed by atoms with E-state index in [1.807, 2.05) is 13.2 Å². The van der Waals surface area contributed by atoms with E-state index in [-0.39, 0.29) is 11.9 Å². The number of amides is 1. The van der Waals surface area contributed by atoms with E-state index in [1.54, 1.807) is 23.0 Å². The Bertz CT molecular complexity index is 943. The summed E-state index contributed by atoms with van der Waals surface area (Å²) in [6, 6.07) is 0.254. The molecule has 1 aliphatic carbocycles. The molecular weight excluding hydrogens is 460 g/mol. The molecule has 0 atom stereocenters. The molecule has 0 radical (unpaired) electrons. The molecule has 2 aromatic rings. The molecule has 2 aliphatic rings. The van der Waals surface area contributed by atoms with Crippen LogP contribution in [0, 0.1) is 5.92 Å². The normalized spacial score (nSPS) is 21.5. The van der Waals surface area contributed by atoms with Crippen LogP contribution in [-0.2, 0) is 24.7 Å². The minimum Gasteiger partial charge on any atom is -0.464 e. The number of thiazole rings is 1.